The number of carbonyl (C=O) groups excluding carboxylic acids is 1. The maximum absolute atomic E-state index is 11.9. The minimum absolute atomic E-state index is 0.307. The fraction of sp³-hybridized carbons (Fsp3) is 0.174. The standard InChI is InChI=1S/C23H22N4O2S/c1-4-29-22(28)17-9-11-19(12-10-17)27-15(2)13-18(16(27)3)14-24-26-23-25-20-7-5-6-8-21(20)30-23/h5-14H,4H2,1-3H3,(H,25,26)/b24-14-. The van der Waals surface area contributed by atoms with Gasteiger partial charge in [0.15, 0.2) is 0 Å². The van der Waals surface area contributed by atoms with Crippen molar-refractivity contribution in [1.82, 2.24) is 9.55 Å². The largest absolute Gasteiger partial charge is 0.462 e. The van der Waals surface area contributed by atoms with E-state index in [-0.39, 0.29) is 5.97 Å². The molecule has 0 aliphatic carbocycles. The molecule has 6 nitrogen and oxygen atoms in total. The second-order valence-electron chi connectivity index (χ2n) is 6.79. The lowest BCUT2D eigenvalue weighted by Crippen LogP contribution is -2.05. The smallest absolute Gasteiger partial charge is 0.338 e. The Morgan fingerprint density at radius 1 is 1.20 bits per heavy atom. The number of benzene rings is 2. The van der Waals surface area contributed by atoms with Crippen molar-refractivity contribution in [3.05, 3.63) is 77.1 Å². The minimum atomic E-state index is -0.307. The van der Waals surface area contributed by atoms with E-state index >= 15 is 0 Å². The molecule has 152 valence electrons. The average Bonchev–Trinajstić information content (AvgIpc) is 3.28. The normalized spacial score (nSPS) is 11.3. The van der Waals surface area contributed by atoms with Crippen LogP contribution in [0.4, 0.5) is 5.13 Å². The molecule has 4 rings (SSSR count). The van der Waals surface area contributed by atoms with E-state index in [9.17, 15) is 4.79 Å². The fourth-order valence-electron chi connectivity index (χ4n) is 3.35. The van der Waals surface area contributed by atoms with E-state index in [1.54, 1.807) is 36.6 Å². The number of hydrogen-bond acceptors (Lipinski definition) is 6. The number of carbonyl (C=O) groups is 1. The molecule has 0 aliphatic rings. The number of fused-ring (bicyclic) bond motifs is 1. The van der Waals surface area contributed by atoms with E-state index in [0.29, 0.717) is 12.2 Å². The zero-order valence-electron chi connectivity index (χ0n) is 17.0. The van der Waals surface area contributed by atoms with Gasteiger partial charge in [-0.25, -0.2) is 9.78 Å². The zero-order valence-corrected chi connectivity index (χ0v) is 17.9. The number of hydrazone groups is 1. The number of ether oxygens (including phenoxy) is 1. The Morgan fingerprint density at radius 3 is 2.70 bits per heavy atom. The number of rotatable bonds is 6. The number of thiazole rings is 1. The summed E-state index contributed by atoms with van der Waals surface area (Å²) >= 11 is 1.57. The van der Waals surface area contributed by atoms with E-state index in [0.717, 1.165) is 38.0 Å². The molecule has 2 aromatic carbocycles. The van der Waals surface area contributed by atoms with Crippen LogP contribution in [0.3, 0.4) is 0 Å². The quantitative estimate of drug-likeness (QED) is 0.261. The van der Waals surface area contributed by atoms with Crippen molar-refractivity contribution in [1.29, 1.82) is 0 Å². The fourth-order valence-corrected chi connectivity index (χ4v) is 4.17. The summed E-state index contributed by atoms with van der Waals surface area (Å²) in [5, 5.41) is 5.13. The van der Waals surface area contributed by atoms with E-state index < -0.39 is 0 Å². The zero-order chi connectivity index (χ0) is 21.1. The monoisotopic (exact) mass is 418 g/mol. The summed E-state index contributed by atoms with van der Waals surface area (Å²) in [6.07, 6.45) is 1.80. The van der Waals surface area contributed by atoms with Crippen LogP contribution in [0.5, 0.6) is 0 Å². The van der Waals surface area contributed by atoms with Crippen LogP contribution in [0.1, 0.15) is 34.2 Å². The first-order valence-electron chi connectivity index (χ1n) is 9.68. The van der Waals surface area contributed by atoms with Gasteiger partial charge in [-0.15, -0.1) is 0 Å². The van der Waals surface area contributed by atoms with Crippen LogP contribution in [-0.4, -0.2) is 28.3 Å². The molecule has 0 bridgehead atoms. The van der Waals surface area contributed by atoms with Gasteiger partial charge >= 0.3 is 5.97 Å². The highest BCUT2D eigenvalue weighted by Gasteiger charge is 2.11. The van der Waals surface area contributed by atoms with Gasteiger partial charge in [-0.05, 0) is 63.2 Å². The van der Waals surface area contributed by atoms with Gasteiger partial charge in [0.05, 0.1) is 28.6 Å². The van der Waals surface area contributed by atoms with Gasteiger partial charge in [-0.3, -0.25) is 5.43 Å². The number of para-hydroxylation sites is 1. The Labute approximate surface area is 178 Å². The summed E-state index contributed by atoms with van der Waals surface area (Å²) in [7, 11) is 0. The molecule has 0 fully saturated rings. The van der Waals surface area contributed by atoms with Crippen LogP contribution in [0.15, 0.2) is 59.7 Å². The van der Waals surface area contributed by atoms with E-state index in [1.807, 2.05) is 50.2 Å². The number of esters is 1. The molecule has 2 heterocycles. The van der Waals surface area contributed by atoms with Crippen LogP contribution in [0, 0.1) is 13.8 Å². The van der Waals surface area contributed by atoms with E-state index in [1.165, 1.54) is 0 Å². The first kappa shape index (κ1) is 19.8. The van der Waals surface area contributed by atoms with Gasteiger partial charge in [0, 0.05) is 22.6 Å². The summed E-state index contributed by atoms with van der Waals surface area (Å²) in [5.74, 6) is -0.307. The third kappa shape index (κ3) is 3.97. The maximum Gasteiger partial charge on any atom is 0.338 e. The summed E-state index contributed by atoms with van der Waals surface area (Å²) in [6.45, 7) is 6.26. The molecular formula is C23H22N4O2S. The number of anilines is 1. The van der Waals surface area contributed by atoms with Crippen molar-refractivity contribution in [2.75, 3.05) is 12.0 Å². The maximum atomic E-state index is 11.9. The molecule has 30 heavy (non-hydrogen) atoms. The first-order chi connectivity index (χ1) is 14.6. The molecule has 1 N–H and O–H groups in total. The topological polar surface area (TPSA) is 68.5 Å². The van der Waals surface area contributed by atoms with Crippen LogP contribution in [0.25, 0.3) is 15.9 Å². The van der Waals surface area contributed by atoms with Crippen molar-refractivity contribution in [2.24, 2.45) is 5.10 Å². The molecule has 0 saturated heterocycles. The predicted molar refractivity (Wildman–Crippen MR) is 122 cm³/mol. The molecule has 0 amide bonds. The van der Waals surface area contributed by atoms with E-state index in [4.69, 9.17) is 4.74 Å². The van der Waals surface area contributed by atoms with Crippen LogP contribution in [-0.2, 0) is 4.74 Å². The summed E-state index contributed by atoms with van der Waals surface area (Å²) in [4.78, 5) is 16.4. The van der Waals surface area contributed by atoms with Crippen LogP contribution >= 0.6 is 11.3 Å². The lowest BCUT2D eigenvalue weighted by molar-refractivity contribution is 0.0526. The highest BCUT2D eigenvalue weighted by molar-refractivity contribution is 7.22. The summed E-state index contributed by atoms with van der Waals surface area (Å²) < 4.78 is 8.31. The van der Waals surface area contributed by atoms with Crippen molar-refractivity contribution in [2.45, 2.75) is 20.8 Å². The molecular weight excluding hydrogens is 396 g/mol. The first-order valence-corrected chi connectivity index (χ1v) is 10.5. The number of nitrogens with zero attached hydrogens (tertiary/aromatic N) is 3. The molecule has 0 saturated carbocycles. The highest BCUT2D eigenvalue weighted by Crippen LogP contribution is 2.25. The Hall–Kier alpha value is -3.45. The SMILES string of the molecule is CCOC(=O)c1ccc(-n2c(C)cc(/C=N\Nc3nc4ccccc4s3)c2C)cc1. The van der Waals surface area contributed by atoms with Gasteiger partial charge < -0.3 is 9.30 Å². The van der Waals surface area contributed by atoms with Crippen LogP contribution < -0.4 is 5.43 Å². The molecule has 0 spiro atoms. The third-order valence-corrected chi connectivity index (χ3v) is 5.71. The molecule has 4 aromatic rings. The van der Waals surface area contributed by atoms with Gasteiger partial charge in [-0.2, -0.15) is 5.10 Å². The van der Waals surface area contributed by atoms with E-state index in [2.05, 4.69) is 26.1 Å². The van der Waals surface area contributed by atoms with Gasteiger partial charge in [0.25, 0.3) is 0 Å². The second kappa shape index (κ2) is 8.51. The molecule has 7 heteroatoms. The number of hydrogen-bond donors (Lipinski definition) is 1. The number of nitrogens with one attached hydrogen (secondary N) is 1. The Balaban J connectivity index is 1.53. The lowest BCUT2D eigenvalue weighted by atomic mass is 10.2. The molecule has 0 atom stereocenters. The Kier molecular flexibility index (Phi) is 5.63. The van der Waals surface area contributed by atoms with Crippen molar-refractivity contribution >= 4 is 38.9 Å². The molecule has 0 radical (unpaired) electrons. The minimum Gasteiger partial charge on any atom is -0.462 e. The molecule has 2 aromatic heterocycles. The van der Waals surface area contributed by atoms with Gasteiger partial charge in [0.2, 0.25) is 5.13 Å². The van der Waals surface area contributed by atoms with Crippen molar-refractivity contribution < 1.29 is 9.53 Å². The van der Waals surface area contributed by atoms with Gasteiger partial charge in [0.1, 0.15) is 0 Å². The van der Waals surface area contributed by atoms with Crippen molar-refractivity contribution in [3.63, 3.8) is 0 Å². The second-order valence-corrected chi connectivity index (χ2v) is 7.82. The Morgan fingerprint density at radius 2 is 1.97 bits per heavy atom. The Bertz CT molecular complexity index is 1190. The number of aryl methyl sites for hydroxylation is 1. The van der Waals surface area contributed by atoms with Crippen LogP contribution in [0.2, 0.25) is 0 Å². The average molecular weight is 419 g/mol. The predicted octanol–water partition coefficient (Wildman–Crippen LogP) is 5.33. The van der Waals surface area contributed by atoms with Gasteiger partial charge in [-0.1, -0.05) is 23.5 Å². The third-order valence-electron chi connectivity index (χ3n) is 4.76. The molecule has 0 aliphatic heterocycles. The highest BCUT2D eigenvalue weighted by atomic mass is 32.1. The summed E-state index contributed by atoms with van der Waals surface area (Å²) in [5.41, 5.74) is 8.67. The van der Waals surface area contributed by atoms with Crippen molar-refractivity contribution in [3.8, 4) is 5.69 Å². The summed E-state index contributed by atoms with van der Waals surface area (Å²) in [6, 6.07) is 17.5. The molecule has 0 unspecified atom stereocenters. The number of aromatic nitrogens is 2. The lowest BCUT2D eigenvalue weighted by Gasteiger charge is -2.10.